The number of ether oxygens (including phenoxy) is 1. The summed E-state index contributed by atoms with van der Waals surface area (Å²) in [5.41, 5.74) is 4.03. The molecule has 1 fully saturated rings. The average molecular weight is 516 g/mol. The van der Waals surface area contributed by atoms with Crippen LogP contribution in [0.5, 0.6) is 0 Å². The number of hydrogen-bond acceptors (Lipinski definition) is 4. The van der Waals surface area contributed by atoms with Crippen molar-refractivity contribution in [1.82, 2.24) is 24.3 Å². The summed E-state index contributed by atoms with van der Waals surface area (Å²) in [6, 6.07) is 16.2. The number of aromatic nitrogens is 3. The zero-order chi connectivity index (χ0) is 27.2. The van der Waals surface area contributed by atoms with E-state index < -0.39 is 11.7 Å². The first-order valence-electron chi connectivity index (χ1n) is 13.4. The predicted molar refractivity (Wildman–Crippen MR) is 150 cm³/mol. The Morgan fingerprint density at radius 2 is 1.84 bits per heavy atom. The second-order valence-corrected chi connectivity index (χ2v) is 11.3. The van der Waals surface area contributed by atoms with E-state index in [1.165, 1.54) is 10.9 Å². The summed E-state index contributed by atoms with van der Waals surface area (Å²) in [7, 11) is 2.02. The summed E-state index contributed by atoms with van der Waals surface area (Å²) >= 11 is 0. The van der Waals surface area contributed by atoms with Crippen LogP contribution in [0.25, 0.3) is 33.5 Å². The van der Waals surface area contributed by atoms with E-state index in [1.807, 2.05) is 57.0 Å². The van der Waals surface area contributed by atoms with Crippen molar-refractivity contribution in [3.05, 3.63) is 54.1 Å². The molecule has 2 atom stereocenters. The van der Waals surface area contributed by atoms with Gasteiger partial charge in [-0.15, -0.1) is 0 Å². The molecular formula is C30H37N5O3. The topological polar surface area (TPSA) is 81.4 Å². The number of carbonyl (C=O) groups is 2. The molecule has 1 aliphatic heterocycles. The fraction of sp³-hybridized carbons (Fsp3) is 0.433. The fourth-order valence-electron chi connectivity index (χ4n) is 5.45. The lowest BCUT2D eigenvalue weighted by molar-refractivity contribution is 0.0412. The number of likely N-dealkylation sites (tertiary alicyclic amines) is 1. The first-order valence-corrected chi connectivity index (χ1v) is 13.4. The lowest BCUT2D eigenvalue weighted by Crippen LogP contribution is -2.53. The molecule has 2 amide bonds. The summed E-state index contributed by atoms with van der Waals surface area (Å²) in [6.45, 7) is 11.0. The number of amides is 2. The van der Waals surface area contributed by atoms with E-state index in [4.69, 9.17) is 9.72 Å². The number of rotatable bonds is 4. The van der Waals surface area contributed by atoms with Gasteiger partial charge >= 0.3 is 6.09 Å². The Balaban J connectivity index is 1.41. The van der Waals surface area contributed by atoms with Crippen LogP contribution in [-0.4, -0.2) is 55.2 Å². The average Bonchev–Trinajstić information content (AvgIpc) is 3.40. The molecule has 5 rings (SSSR count). The van der Waals surface area contributed by atoms with Crippen LogP contribution in [0.15, 0.2) is 48.5 Å². The molecule has 3 heterocycles. The van der Waals surface area contributed by atoms with Gasteiger partial charge in [0.05, 0.1) is 16.7 Å². The van der Waals surface area contributed by atoms with E-state index in [0.29, 0.717) is 12.1 Å². The molecule has 2 aromatic heterocycles. The first-order chi connectivity index (χ1) is 18.1. The number of nitrogens with zero attached hydrogens (tertiary/aromatic N) is 4. The Labute approximate surface area is 223 Å². The summed E-state index contributed by atoms with van der Waals surface area (Å²) in [5, 5.41) is 4.12. The maximum Gasteiger partial charge on any atom is 0.407 e. The normalized spacial score (nSPS) is 18.2. The highest BCUT2D eigenvalue weighted by Gasteiger charge is 2.31. The van der Waals surface area contributed by atoms with Gasteiger partial charge in [0.1, 0.15) is 5.60 Å². The van der Waals surface area contributed by atoms with Gasteiger partial charge in [-0.2, -0.15) is 0 Å². The minimum Gasteiger partial charge on any atom is -0.444 e. The standard InChI is InChI=1S/C30H37N5O3/c1-7-34-24-11-9-8-10-20(24)17-26(34)27-32-23-16-21(13-15-25(23)33(27)6)28(36)35-18-22(14-12-19(35)2)31-29(37)38-30(3,4)5/h8-11,13,15-17,19,22H,7,12,14,18H2,1-6H3,(H,31,37)/t19-,22+/m0/s1. The molecule has 1 aliphatic rings. The quantitative estimate of drug-likeness (QED) is 0.376. The van der Waals surface area contributed by atoms with Crippen molar-refractivity contribution in [2.45, 2.75) is 71.7 Å². The molecule has 0 unspecified atom stereocenters. The Kier molecular flexibility index (Phi) is 6.67. The number of nitrogens with one attached hydrogen (secondary N) is 1. The second-order valence-electron chi connectivity index (χ2n) is 11.3. The molecule has 1 saturated heterocycles. The number of alkyl carbamates (subject to hydrolysis) is 1. The molecule has 1 N–H and O–H groups in total. The number of carbonyl (C=O) groups excluding carboxylic acids is 2. The van der Waals surface area contributed by atoms with Gasteiger partial charge in [-0.05, 0) is 77.8 Å². The van der Waals surface area contributed by atoms with Gasteiger partial charge in [0.15, 0.2) is 5.82 Å². The third kappa shape index (κ3) is 4.87. The number of imidazole rings is 1. The Morgan fingerprint density at radius 3 is 2.58 bits per heavy atom. The Morgan fingerprint density at radius 1 is 1.08 bits per heavy atom. The molecular weight excluding hydrogens is 478 g/mol. The first kappa shape index (κ1) is 25.8. The summed E-state index contributed by atoms with van der Waals surface area (Å²) < 4.78 is 9.78. The van der Waals surface area contributed by atoms with Crippen molar-refractivity contribution < 1.29 is 14.3 Å². The highest BCUT2D eigenvalue weighted by atomic mass is 16.6. The van der Waals surface area contributed by atoms with Gasteiger partial charge in [-0.1, -0.05) is 18.2 Å². The van der Waals surface area contributed by atoms with E-state index >= 15 is 0 Å². The molecule has 0 spiro atoms. The van der Waals surface area contributed by atoms with Crippen molar-refractivity contribution >= 4 is 33.9 Å². The molecule has 0 aliphatic carbocycles. The lowest BCUT2D eigenvalue weighted by atomic mass is 9.98. The highest BCUT2D eigenvalue weighted by Crippen LogP contribution is 2.30. The maximum absolute atomic E-state index is 13.6. The van der Waals surface area contributed by atoms with Crippen LogP contribution in [0.1, 0.15) is 57.8 Å². The Hall–Kier alpha value is -3.81. The van der Waals surface area contributed by atoms with E-state index in [-0.39, 0.29) is 18.0 Å². The van der Waals surface area contributed by atoms with Crippen LogP contribution in [0.2, 0.25) is 0 Å². The van der Waals surface area contributed by atoms with E-state index in [9.17, 15) is 9.59 Å². The number of benzene rings is 2. The molecule has 38 heavy (non-hydrogen) atoms. The molecule has 200 valence electrons. The molecule has 0 saturated carbocycles. The Bertz CT molecular complexity index is 1510. The maximum atomic E-state index is 13.6. The van der Waals surface area contributed by atoms with Crippen LogP contribution >= 0.6 is 0 Å². The van der Waals surface area contributed by atoms with E-state index in [0.717, 1.165) is 41.9 Å². The van der Waals surface area contributed by atoms with Crippen molar-refractivity contribution in [3.8, 4) is 11.5 Å². The SMILES string of the molecule is CCn1c(-c2nc3cc(C(=O)N4C[C@H](NC(=O)OC(C)(C)C)CC[C@@H]4C)ccc3n2C)cc2ccccc21. The van der Waals surface area contributed by atoms with Crippen LogP contribution in [0.4, 0.5) is 4.79 Å². The zero-order valence-corrected chi connectivity index (χ0v) is 23.1. The molecule has 0 radical (unpaired) electrons. The fourth-order valence-corrected chi connectivity index (χ4v) is 5.45. The summed E-state index contributed by atoms with van der Waals surface area (Å²) in [5.74, 6) is 0.820. The lowest BCUT2D eigenvalue weighted by Gasteiger charge is -2.38. The van der Waals surface area contributed by atoms with Gasteiger partial charge in [-0.3, -0.25) is 4.79 Å². The number of aryl methyl sites for hydroxylation is 2. The van der Waals surface area contributed by atoms with Gasteiger partial charge in [0.25, 0.3) is 5.91 Å². The van der Waals surface area contributed by atoms with E-state index in [2.05, 4.69) is 52.6 Å². The largest absolute Gasteiger partial charge is 0.444 e. The summed E-state index contributed by atoms with van der Waals surface area (Å²) in [6.07, 6.45) is 1.17. The number of piperidine rings is 1. The molecule has 8 nitrogen and oxygen atoms in total. The third-order valence-electron chi connectivity index (χ3n) is 7.35. The minimum atomic E-state index is -0.565. The van der Waals surface area contributed by atoms with Crippen molar-refractivity contribution in [2.24, 2.45) is 7.05 Å². The molecule has 4 aromatic rings. The van der Waals surface area contributed by atoms with Crippen molar-refractivity contribution in [1.29, 1.82) is 0 Å². The van der Waals surface area contributed by atoms with Crippen LogP contribution in [-0.2, 0) is 18.3 Å². The molecule has 8 heteroatoms. The summed E-state index contributed by atoms with van der Waals surface area (Å²) in [4.78, 5) is 32.8. The molecule has 2 aromatic carbocycles. The number of hydrogen-bond donors (Lipinski definition) is 1. The van der Waals surface area contributed by atoms with E-state index in [1.54, 1.807) is 0 Å². The second kappa shape index (κ2) is 9.82. The van der Waals surface area contributed by atoms with Crippen molar-refractivity contribution in [2.75, 3.05) is 6.54 Å². The number of fused-ring (bicyclic) bond motifs is 2. The smallest absolute Gasteiger partial charge is 0.407 e. The van der Waals surface area contributed by atoms with Gasteiger partial charge < -0.3 is 24.1 Å². The van der Waals surface area contributed by atoms with Crippen LogP contribution in [0.3, 0.4) is 0 Å². The third-order valence-corrected chi connectivity index (χ3v) is 7.35. The molecule has 0 bridgehead atoms. The van der Waals surface area contributed by atoms with Gasteiger partial charge in [0.2, 0.25) is 0 Å². The van der Waals surface area contributed by atoms with Gasteiger partial charge in [0, 0.05) is 48.7 Å². The van der Waals surface area contributed by atoms with Crippen LogP contribution in [0, 0.1) is 0 Å². The predicted octanol–water partition coefficient (Wildman–Crippen LogP) is 5.73. The van der Waals surface area contributed by atoms with Crippen LogP contribution < -0.4 is 5.32 Å². The zero-order valence-electron chi connectivity index (χ0n) is 23.1. The highest BCUT2D eigenvalue weighted by molar-refractivity contribution is 5.98. The minimum absolute atomic E-state index is 0.0510. The van der Waals surface area contributed by atoms with Crippen molar-refractivity contribution in [3.63, 3.8) is 0 Å². The van der Waals surface area contributed by atoms with Gasteiger partial charge in [-0.25, -0.2) is 9.78 Å². The monoisotopic (exact) mass is 515 g/mol. The number of para-hydroxylation sites is 1.